The van der Waals surface area contributed by atoms with Crippen LogP contribution in [0.3, 0.4) is 0 Å². The highest BCUT2D eigenvalue weighted by molar-refractivity contribution is 7.89. The Morgan fingerprint density at radius 2 is 1.59 bits per heavy atom. The third kappa shape index (κ3) is 7.21. The van der Waals surface area contributed by atoms with Crippen LogP contribution < -0.4 is 9.46 Å². The van der Waals surface area contributed by atoms with E-state index >= 15 is 0 Å². The van der Waals surface area contributed by atoms with Crippen molar-refractivity contribution in [3.63, 3.8) is 0 Å². The van der Waals surface area contributed by atoms with Crippen molar-refractivity contribution in [3.05, 3.63) is 95.6 Å². The summed E-state index contributed by atoms with van der Waals surface area (Å²) < 4.78 is 35.0. The molecule has 1 fully saturated rings. The van der Waals surface area contributed by atoms with Crippen LogP contribution in [0.2, 0.25) is 0 Å². The molecule has 4 rings (SSSR count). The molecular formula is C30H36N2O4S. The number of sulfonamides is 1. The third-order valence-electron chi connectivity index (χ3n) is 6.93. The zero-order chi connectivity index (χ0) is 26.3. The summed E-state index contributed by atoms with van der Waals surface area (Å²) in [5.41, 5.74) is 2.95. The number of likely N-dealkylation sites (tertiary alicyclic amines) is 1. The lowest BCUT2D eigenvalue weighted by atomic mass is 9.90. The Morgan fingerprint density at radius 3 is 2.19 bits per heavy atom. The van der Waals surface area contributed by atoms with Crippen molar-refractivity contribution in [3.8, 4) is 5.75 Å². The number of benzene rings is 3. The molecule has 1 heterocycles. The van der Waals surface area contributed by atoms with E-state index < -0.39 is 16.1 Å². The Bertz CT molecular complexity index is 1270. The Balaban J connectivity index is 1.48. The molecule has 6 nitrogen and oxygen atoms in total. The van der Waals surface area contributed by atoms with Gasteiger partial charge in [0.2, 0.25) is 15.9 Å². The summed E-state index contributed by atoms with van der Waals surface area (Å²) >= 11 is 0. The normalized spacial score (nSPS) is 15.4. The van der Waals surface area contributed by atoms with Gasteiger partial charge in [-0.25, -0.2) is 8.42 Å². The van der Waals surface area contributed by atoms with Gasteiger partial charge in [0.15, 0.2) is 0 Å². The first-order valence-corrected chi connectivity index (χ1v) is 14.5. The maximum atomic E-state index is 13.7. The highest BCUT2D eigenvalue weighted by Gasteiger charge is 2.32. The Labute approximate surface area is 220 Å². The average Bonchev–Trinajstić information content (AvgIpc) is 2.90. The van der Waals surface area contributed by atoms with Crippen LogP contribution >= 0.6 is 0 Å². The van der Waals surface area contributed by atoms with Gasteiger partial charge in [0, 0.05) is 13.1 Å². The van der Waals surface area contributed by atoms with Crippen molar-refractivity contribution < 1.29 is 17.9 Å². The summed E-state index contributed by atoms with van der Waals surface area (Å²) in [4.78, 5) is 15.6. The van der Waals surface area contributed by atoms with Crippen molar-refractivity contribution in [1.29, 1.82) is 0 Å². The molecule has 1 aliphatic heterocycles. The van der Waals surface area contributed by atoms with Crippen molar-refractivity contribution in [2.45, 2.75) is 50.5 Å². The largest absolute Gasteiger partial charge is 0.494 e. The summed E-state index contributed by atoms with van der Waals surface area (Å²) in [7, 11) is -3.92. The predicted molar refractivity (Wildman–Crippen MR) is 146 cm³/mol. The van der Waals surface area contributed by atoms with E-state index in [9.17, 15) is 13.2 Å². The molecule has 0 radical (unpaired) electrons. The molecule has 7 heteroatoms. The van der Waals surface area contributed by atoms with Gasteiger partial charge < -0.3 is 9.64 Å². The smallest absolute Gasteiger partial charge is 0.241 e. The standard InChI is InChI=1S/C30H36N2O4S/c1-3-36-29-15-14-27(20-23(29)2)37(34,35)31-28(22-25-12-8-5-9-13-25)30(33)32-18-16-26(17-19-32)21-24-10-6-4-7-11-24/h4-15,20,26,28,31H,3,16-19,21-22H2,1-2H3. The van der Waals surface area contributed by atoms with Gasteiger partial charge in [0.25, 0.3) is 0 Å². The summed E-state index contributed by atoms with van der Waals surface area (Å²) in [6.07, 6.45) is 3.10. The van der Waals surface area contributed by atoms with Crippen LogP contribution in [0.1, 0.15) is 36.5 Å². The first kappa shape index (κ1) is 26.9. The van der Waals surface area contributed by atoms with Crippen molar-refractivity contribution >= 4 is 15.9 Å². The molecule has 0 aliphatic carbocycles. The number of carbonyl (C=O) groups excluding carboxylic acids is 1. The number of hydrogen-bond acceptors (Lipinski definition) is 4. The van der Waals surface area contributed by atoms with E-state index in [1.54, 1.807) is 12.1 Å². The minimum Gasteiger partial charge on any atom is -0.494 e. The lowest BCUT2D eigenvalue weighted by Crippen LogP contribution is -2.51. The lowest BCUT2D eigenvalue weighted by Gasteiger charge is -2.34. The zero-order valence-corrected chi connectivity index (χ0v) is 22.4. The minimum absolute atomic E-state index is 0.126. The second-order valence-corrected chi connectivity index (χ2v) is 11.4. The summed E-state index contributed by atoms with van der Waals surface area (Å²) in [6.45, 7) is 5.46. The van der Waals surface area contributed by atoms with Crippen LogP contribution in [0.15, 0.2) is 83.8 Å². The summed E-state index contributed by atoms with van der Waals surface area (Å²) in [5.74, 6) is 0.993. The van der Waals surface area contributed by atoms with E-state index in [0.29, 0.717) is 37.8 Å². The van der Waals surface area contributed by atoms with Crippen LogP contribution in [0.5, 0.6) is 5.75 Å². The van der Waals surface area contributed by atoms with Gasteiger partial charge in [-0.05, 0) is 80.3 Å². The molecule has 0 bridgehead atoms. The maximum Gasteiger partial charge on any atom is 0.241 e. The van der Waals surface area contributed by atoms with Gasteiger partial charge in [-0.15, -0.1) is 0 Å². The lowest BCUT2D eigenvalue weighted by molar-refractivity contribution is -0.134. The van der Waals surface area contributed by atoms with Crippen molar-refractivity contribution in [1.82, 2.24) is 9.62 Å². The SMILES string of the molecule is CCOc1ccc(S(=O)(=O)NC(Cc2ccccc2)C(=O)N2CCC(Cc3ccccc3)CC2)cc1C. The van der Waals surface area contributed by atoms with Gasteiger partial charge in [-0.2, -0.15) is 4.72 Å². The van der Waals surface area contributed by atoms with Crippen LogP contribution in [-0.4, -0.2) is 45.0 Å². The van der Waals surface area contributed by atoms with Gasteiger partial charge >= 0.3 is 0 Å². The van der Waals surface area contributed by atoms with Gasteiger partial charge in [-0.3, -0.25) is 4.79 Å². The fourth-order valence-corrected chi connectivity index (χ4v) is 6.19. The molecule has 0 saturated carbocycles. The van der Waals surface area contributed by atoms with E-state index in [1.807, 2.05) is 55.1 Å². The molecule has 0 aromatic heterocycles. The molecule has 1 atom stereocenters. The quantitative estimate of drug-likeness (QED) is 0.418. The molecular weight excluding hydrogens is 484 g/mol. The highest BCUT2D eigenvalue weighted by Crippen LogP contribution is 2.24. The topological polar surface area (TPSA) is 75.7 Å². The molecule has 37 heavy (non-hydrogen) atoms. The number of nitrogens with one attached hydrogen (secondary N) is 1. The number of hydrogen-bond donors (Lipinski definition) is 1. The molecule has 1 aliphatic rings. The number of aryl methyl sites for hydroxylation is 1. The molecule has 1 amide bonds. The molecule has 1 saturated heterocycles. The van der Waals surface area contributed by atoms with Gasteiger partial charge in [0.05, 0.1) is 11.5 Å². The number of amides is 1. The van der Waals surface area contributed by atoms with Crippen molar-refractivity contribution in [2.75, 3.05) is 19.7 Å². The van der Waals surface area contributed by atoms with Crippen LogP contribution in [0, 0.1) is 12.8 Å². The van der Waals surface area contributed by atoms with Gasteiger partial charge in [0.1, 0.15) is 11.8 Å². The molecule has 1 N–H and O–H groups in total. The first-order valence-electron chi connectivity index (χ1n) is 13.0. The number of piperidine rings is 1. The summed E-state index contributed by atoms with van der Waals surface area (Å²) in [6, 6.07) is 23.9. The van der Waals surface area contributed by atoms with E-state index in [2.05, 4.69) is 29.0 Å². The molecule has 0 spiro atoms. The average molecular weight is 521 g/mol. The van der Waals surface area contributed by atoms with E-state index in [4.69, 9.17) is 4.74 Å². The van der Waals surface area contributed by atoms with Crippen molar-refractivity contribution in [2.24, 2.45) is 5.92 Å². The van der Waals surface area contributed by atoms with Crippen LogP contribution in [0.25, 0.3) is 0 Å². The second kappa shape index (κ2) is 12.4. The minimum atomic E-state index is -3.92. The zero-order valence-electron chi connectivity index (χ0n) is 21.6. The number of nitrogens with zero attached hydrogens (tertiary/aromatic N) is 1. The predicted octanol–water partition coefficient (Wildman–Crippen LogP) is 4.76. The molecule has 1 unspecified atom stereocenters. The van der Waals surface area contributed by atoms with Crippen LogP contribution in [0.4, 0.5) is 0 Å². The Hall–Kier alpha value is -3.16. The first-order chi connectivity index (χ1) is 17.9. The number of rotatable bonds is 10. The maximum absolute atomic E-state index is 13.7. The highest BCUT2D eigenvalue weighted by atomic mass is 32.2. The van der Waals surface area contributed by atoms with Gasteiger partial charge in [-0.1, -0.05) is 60.7 Å². The van der Waals surface area contributed by atoms with Crippen LogP contribution in [-0.2, 0) is 27.7 Å². The van der Waals surface area contributed by atoms with E-state index in [0.717, 1.165) is 30.4 Å². The number of carbonyl (C=O) groups is 1. The molecule has 3 aromatic carbocycles. The monoisotopic (exact) mass is 520 g/mol. The number of ether oxygens (including phenoxy) is 1. The molecule has 3 aromatic rings. The Kier molecular flexibility index (Phi) is 9.00. The second-order valence-electron chi connectivity index (χ2n) is 9.68. The third-order valence-corrected chi connectivity index (χ3v) is 8.40. The molecule has 196 valence electrons. The fourth-order valence-electron chi connectivity index (χ4n) is 4.92. The van der Waals surface area contributed by atoms with E-state index in [1.165, 1.54) is 11.6 Å². The fraction of sp³-hybridized carbons (Fsp3) is 0.367. The van der Waals surface area contributed by atoms with E-state index in [-0.39, 0.29) is 10.8 Å². The Morgan fingerprint density at radius 1 is 0.973 bits per heavy atom. The summed E-state index contributed by atoms with van der Waals surface area (Å²) in [5, 5.41) is 0.